The second kappa shape index (κ2) is 11.7. The highest BCUT2D eigenvalue weighted by Gasteiger charge is 2.34. The van der Waals surface area contributed by atoms with Crippen LogP contribution in [0.25, 0.3) is 0 Å². The maximum atomic E-state index is 13.7. The number of imidazole rings is 1. The van der Waals surface area contributed by atoms with E-state index in [9.17, 15) is 32.5 Å². The topological polar surface area (TPSA) is 173 Å². The van der Waals surface area contributed by atoms with Gasteiger partial charge in [-0.25, -0.2) is 9.38 Å². The first-order chi connectivity index (χ1) is 19.8. The van der Waals surface area contributed by atoms with Crippen molar-refractivity contribution in [1.29, 1.82) is 5.26 Å². The molecule has 17 heteroatoms. The molecule has 42 heavy (non-hydrogen) atoms. The number of nitrogens with zero attached hydrogens (tertiary/aromatic N) is 5. The fourth-order valence-electron chi connectivity index (χ4n) is 4.20. The molecule has 0 fully saturated rings. The van der Waals surface area contributed by atoms with E-state index in [0.29, 0.717) is 23.9 Å². The van der Waals surface area contributed by atoms with E-state index in [0.717, 1.165) is 12.1 Å². The van der Waals surface area contributed by atoms with E-state index in [1.54, 1.807) is 38.5 Å². The first-order valence-electron chi connectivity index (χ1n) is 12.3. The van der Waals surface area contributed by atoms with Crippen LogP contribution in [0.2, 0.25) is 0 Å². The molecule has 4 rings (SSSR count). The Hall–Kier alpha value is -5.24. The molecule has 0 saturated carbocycles. The number of halogens is 4. The summed E-state index contributed by atoms with van der Waals surface area (Å²) in [6.07, 6.45) is 0.502. The number of dihydropyridines is 1. The number of rotatable bonds is 8. The van der Waals surface area contributed by atoms with E-state index < -0.39 is 40.4 Å². The summed E-state index contributed by atoms with van der Waals surface area (Å²) in [6.45, 7) is 0.576. The van der Waals surface area contributed by atoms with Gasteiger partial charge >= 0.3 is 17.8 Å². The minimum atomic E-state index is -4.87. The van der Waals surface area contributed by atoms with E-state index in [4.69, 9.17) is 5.26 Å². The van der Waals surface area contributed by atoms with Crippen LogP contribution in [0.15, 0.2) is 58.9 Å². The van der Waals surface area contributed by atoms with Crippen molar-refractivity contribution < 1.29 is 31.8 Å². The Kier molecular flexibility index (Phi) is 8.29. The Morgan fingerprint density at radius 2 is 2.12 bits per heavy atom. The molecule has 220 valence electrons. The summed E-state index contributed by atoms with van der Waals surface area (Å²) >= 11 is 0. The fourth-order valence-corrected chi connectivity index (χ4v) is 4.20. The van der Waals surface area contributed by atoms with E-state index in [2.05, 4.69) is 36.2 Å². The number of nitrogens with one attached hydrogen (secondary N) is 5. The van der Waals surface area contributed by atoms with Gasteiger partial charge in [0.1, 0.15) is 31.0 Å². The molecule has 2 aliphatic heterocycles. The lowest BCUT2D eigenvalue weighted by atomic mass is 10.1. The number of aliphatic imine (C=N–C) groups is 1. The number of carbonyl (C=O) groups excluding carboxylic acids is 1. The highest BCUT2D eigenvalue weighted by molar-refractivity contribution is 6.11. The van der Waals surface area contributed by atoms with Crippen LogP contribution in [0.5, 0.6) is 0 Å². The van der Waals surface area contributed by atoms with Crippen molar-refractivity contribution in [3.8, 4) is 6.07 Å². The highest BCUT2D eigenvalue weighted by atomic mass is 19.4. The summed E-state index contributed by atoms with van der Waals surface area (Å²) in [4.78, 5) is 33.7. The van der Waals surface area contributed by atoms with Crippen molar-refractivity contribution in [2.45, 2.75) is 18.9 Å². The molecule has 2 aromatic rings. The zero-order chi connectivity index (χ0) is 30.7. The standard InChI is InChI=1S/C25H24F4N10O3/c1-39(2,12-19-24(38(41)42)37-21(10-30)35-19)7-3-4-22(40)36-20-9-15-18(11-31-20)32-13-33-23(15)34-14-5-6-17(26)16(8-14)25(27,28)29/h3-6,8-9,11,20,31-32H,7,12-13H2,1-2H3,(H2-,33,34,35,36,37,40)/p+1/b4-3+. The molecule has 1 aromatic heterocycles. The molecular formula is C25H25F4N10O3+. The van der Waals surface area contributed by atoms with Crippen molar-refractivity contribution in [2.75, 3.05) is 32.6 Å². The summed E-state index contributed by atoms with van der Waals surface area (Å²) in [7, 11) is 3.56. The average molecular weight is 590 g/mol. The number of hydrogen-bond donors (Lipinski definition) is 5. The number of fused-ring (bicyclic) bond motifs is 1. The molecule has 5 N–H and O–H groups in total. The summed E-state index contributed by atoms with van der Waals surface area (Å²) in [5.41, 5.74) is -0.189. The number of alkyl halides is 3. The number of carbonyl (C=O) groups is 1. The minimum absolute atomic E-state index is 0.0169. The fraction of sp³-hybridized carbons (Fsp3) is 0.280. The lowest BCUT2D eigenvalue weighted by Crippen LogP contribution is -2.46. The quantitative estimate of drug-likeness (QED) is 0.103. The SMILES string of the molecule is C[N+](C)(C/C=C/C(=O)NC1C=C2C(=CN1)NCN=C2Nc1ccc(F)c(C(F)(F)F)c1)Cc1[nH]c(C#N)nc1[N+](=O)[O-]. The summed E-state index contributed by atoms with van der Waals surface area (Å²) in [5, 5.41) is 31.7. The predicted octanol–water partition coefficient (Wildman–Crippen LogP) is 2.36. The third-order valence-corrected chi connectivity index (χ3v) is 6.12. The Morgan fingerprint density at radius 3 is 2.81 bits per heavy atom. The van der Waals surface area contributed by atoms with Gasteiger partial charge < -0.3 is 40.8 Å². The van der Waals surface area contributed by atoms with Gasteiger partial charge in [0.2, 0.25) is 5.91 Å². The summed E-state index contributed by atoms with van der Waals surface area (Å²) in [5.74, 6) is -2.24. The Morgan fingerprint density at radius 1 is 1.36 bits per heavy atom. The number of H-pyrrole nitrogens is 1. The van der Waals surface area contributed by atoms with Crippen LogP contribution in [0.3, 0.4) is 0 Å². The predicted molar refractivity (Wildman–Crippen MR) is 141 cm³/mol. The molecule has 2 aliphatic rings. The number of benzene rings is 1. The summed E-state index contributed by atoms with van der Waals surface area (Å²) < 4.78 is 53.3. The second-order valence-electron chi connectivity index (χ2n) is 9.89. The van der Waals surface area contributed by atoms with Gasteiger partial charge in [-0.15, -0.1) is 0 Å². The Bertz CT molecular complexity index is 1570. The smallest absolute Gasteiger partial charge is 0.366 e. The molecule has 0 aliphatic carbocycles. The zero-order valence-electron chi connectivity index (χ0n) is 22.2. The number of aromatic nitrogens is 2. The van der Waals surface area contributed by atoms with Gasteiger partial charge in [0, 0.05) is 23.5 Å². The molecule has 0 saturated heterocycles. The van der Waals surface area contributed by atoms with Gasteiger partial charge in [-0.05, 0) is 40.3 Å². The molecule has 0 radical (unpaired) electrons. The Balaban J connectivity index is 1.39. The van der Waals surface area contributed by atoms with Crippen LogP contribution >= 0.6 is 0 Å². The average Bonchev–Trinajstić information content (AvgIpc) is 3.31. The number of nitro groups is 1. The largest absolute Gasteiger partial charge is 0.419 e. The molecule has 1 aromatic carbocycles. The van der Waals surface area contributed by atoms with Crippen LogP contribution in [0.1, 0.15) is 17.1 Å². The van der Waals surface area contributed by atoms with Crippen LogP contribution in [-0.4, -0.2) is 64.6 Å². The van der Waals surface area contributed by atoms with Crippen LogP contribution in [0.4, 0.5) is 29.1 Å². The molecule has 1 atom stereocenters. The number of amidine groups is 1. The van der Waals surface area contributed by atoms with Crippen molar-refractivity contribution in [1.82, 2.24) is 25.9 Å². The lowest BCUT2D eigenvalue weighted by Gasteiger charge is -2.29. The number of hydrogen-bond acceptors (Lipinski definition) is 9. The zero-order valence-corrected chi connectivity index (χ0v) is 22.2. The molecule has 1 unspecified atom stereocenters. The third-order valence-electron chi connectivity index (χ3n) is 6.12. The lowest BCUT2D eigenvalue weighted by molar-refractivity contribution is -0.898. The maximum Gasteiger partial charge on any atom is 0.419 e. The Labute approximate surface area is 236 Å². The van der Waals surface area contributed by atoms with Gasteiger partial charge in [-0.3, -0.25) is 4.79 Å². The van der Waals surface area contributed by atoms with Crippen molar-refractivity contribution >= 4 is 23.2 Å². The molecule has 13 nitrogen and oxygen atoms in total. The molecule has 0 bridgehead atoms. The van der Waals surface area contributed by atoms with Crippen molar-refractivity contribution in [2.24, 2.45) is 4.99 Å². The number of aromatic amines is 1. The van der Waals surface area contributed by atoms with E-state index in [1.807, 2.05) is 0 Å². The summed E-state index contributed by atoms with van der Waals surface area (Å²) in [6, 6.07) is 4.27. The maximum absolute atomic E-state index is 13.7. The van der Waals surface area contributed by atoms with Crippen molar-refractivity contribution in [3.63, 3.8) is 0 Å². The monoisotopic (exact) mass is 589 g/mol. The van der Waals surface area contributed by atoms with Gasteiger partial charge in [0.05, 0.1) is 31.9 Å². The molecular weight excluding hydrogens is 564 g/mol. The minimum Gasteiger partial charge on any atom is -0.366 e. The van der Waals surface area contributed by atoms with Gasteiger partial charge in [-0.2, -0.15) is 18.4 Å². The highest BCUT2D eigenvalue weighted by Crippen LogP contribution is 2.33. The number of amides is 1. The van der Waals surface area contributed by atoms with Crippen LogP contribution < -0.4 is 21.3 Å². The number of likely N-dealkylation sites (N-methyl/N-ethyl adjacent to an activating group) is 1. The number of anilines is 1. The first-order valence-corrected chi connectivity index (χ1v) is 12.3. The van der Waals surface area contributed by atoms with E-state index in [1.165, 1.54) is 6.08 Å². The first kappa shape index (κ1) is 29.7. The van der Waals surface area contributed by atoms with Gasteiger partial charge in [-0.1, -0.05) is 0 Å². The van der Waals surface area contributed by atoms with Crippen LogP contribution in [-0.2, 0) is 17.5 Å². The van der Waals surface area contributed by atoms with Gasteiger partial charge in [0.15, 0.2) is 11.8 Å². The second-order valence-corrected chi connectivity index (χ2v) is 9.89. The number of nitriles is 1. The molecule has 0 spiro atoms. The third kappa shape index (κ3) is 7.09. The normalized spacial score (nSPS) is 16.7. The van der Waals surface area contributed by atoms with E-state index >= 15 is 0 Å². The number of quaternary nitrogens is 1. The van der Waals surface area contributed by atoms with Crippen molar-refractivity contribution in [3.05, 3.63) is 86.9 Å². The molecule has 3 heterocycles. The molecule has 1 amide bonds. The van der Waals surface area contributed by atoms with E-state index in [-0.39, 0.29) is 40.7 Å². The van der Waals surface area contributed by atoms with Gasteiger partial charge in [0.25, 0.3) is 0 Å². The van der Waals surface area contributed by atoms with Crippen LogP contribution in [0, 0.1) is 27.3 Å².